The van der Waals surface area contributed by atoms with Crippen molar-refractivity contribution in [3.63, 3.8) is 0 Å². The molecule has 0 spiro atoms. The Morgan fingerprint density at radius 3 is 2.70 bits per heavy atom. The number of hydrogen-bond acceptors (Lipinski definition) is 5. The van der Waals surface area contributed by atoms with E-state index >= 15 is 0 Å². The normalized spacial score (nSPS) is 15.1. The zero-order chi connectivity index (χ0) is 16.7. The molecule has 120 valence electrons. The Morgan fingerprint density at radius 1 is 1.35 bits per heavy atom. The highest BCUT2D eigenvalue weighted by Crippen LogP contribution is 2.28. The van der Waals surface area contributed by atoms with Crippen molar-refractivity contribution in [2.45, 2.75) is 19.9 Å². The third-order valence-corrected chi connectivity index (χ3v) is 5.23. The second kappa shape index (κ2) is 5.93. The molecule has 2 aromatic heterocycles. The average Bonchev–Trinajstić information content (AvgIpc) is 3.06. The van der Waals surface area contributed by atoms with Gasteiger partial charge in [0.25, 0.3) is 5.56 Å². The number of nitrogens with zero attached hydrogens (tertiary/aromatic N) is 2. The molecule has 23 heavy (non-hydrogen) atoms. The van der Waals surface area contributed by atoms with Gasteiger partial charge in [0.2, 0.25) is 5.78 Å². The summed E-state index contributed by atoms with van der Waals surface area (Å²) < 4.78 is 3.36. The predicted octanol–water partition coefficient (Wildman–Crippen LogP) is 2.43. The summed E-state index contributed by atoms with van der Waals surface area (Å²) >= 11 is 4.84. The van der Waals surface area contributed by atoms with Crippen molar-refractivity contribution in [3.05, 3.63) is 52.9 Å². The number of aromatic nitrogens is 2. The molecule has 0 atom stereocenters. The number of ketones is 1. The van der Waals surface area contributed by atoms with E-state index in [9.17, 15) is 14.4 Å². The van der Waals surface area contributed by atoms with Gasteiger partial charge in [0, 0.05) is 28.3 Å². The molecule has 0 saturated carbocycles. The van der Waals surface area contributed by atoms with Crippen LogP contribution in [-0.4, -0.2) is 14.9 Å². The molecule has 0 amide bonds. The molecule has 1 aliphatic rings. The SMILES string of the molecule is CCCn1c2c(c(=O)n(C)c1=O)C(=O)/C(=C\c1cc(Br)cs1)N2. The predicted molar refractivity (Wildman–Crippen MR) is 94.2 cm³/mol. The molecule has 0 aliphatic carbocycles. The number of halogens is 1. The van der Waals surface area contributed by atoms with Gasteiger partial charge in [-0.3, -0.25) is 18.7 Å². The van der Waals surface area contributed by atoms with Crippen LogP contribution in [0.4, 0.5) is 5.82 Å². The fourth-order valence-corrected chi connectivity index (χ4v) is 3.88. The summed E-state index contributed by atoms with van der Waals surface area (Å²) in [6.07, 6.45) is 2.41. The molecule has 8 heteroatoms. The lowest BCUT2D eigenvalue weighted by Gasteiger charge is -2.11. The van der Waals surface area contributed by atoms with Crippen molar-refractivity contribution < 1.29 is 4.79 Å². The van der Waals surface area contributed by atoms with Crippen LogP contribution >= 0.6 is 27.3 Å². The lowest BCUT2D eigenvalue weighted by Crippen LogP contribution is -2.40. The number of allylic oxidation sites excluding steroid dienone is 1. The molecule has 0 radical (unpaired) electrons. The molecule has 0 bridgehead atoms. The molecule has 1 aliphatic heterocycles. The van der Waals surface area contributed by atoms with E-state index in [4.69, 9.17) is 0 Å². The van der Waals surface area contributed by atoms with Gasteiger partial charge in [-0.1, -0.05) is 6.92 Å². The smallest absolute Gasteiger partial charge is 0.332 e. The van der Waals surface area contributed by atoms with Gasteiger partial charge >= 0.3 is 5.69 Å². The van der Waals surface area contributed by atoms with Crippen LogP contribution in [0.3, 0.4) is 0 Å². The molecule has 6 nitrogen and oxygen atoms in total. The minimum Gasteiger partial charge on any atom is -0.337 e. The van der Waals surface area contributed by atoms with Crippen LogP contribution in [0.1, 0.15) is 28.6 Å². The molecule has 1 N–H and O–H groups in total. The summed E-state index contributed by atoms with van der Waals surface area (Å²) in [5, 5.41) is 4.86. The van der Waals surface area contributed by atoms with E-state index in [-0.39, 0.29) is 11.3 Å². The molecule has 3 rings (SSSR count). The molecular weight excluding hydrogens is 382 g/mol. The number of nitrogens with one attached hydrogen (secondary N) is 1. The Morgan fingerprint density at radius 2 is 2.09 bits per heavy atom. The number of fused-ring (bicyclic) bond motifs is 1. The molecule has 2 aromatic rings. The lowest BCUT2D eigenvalue weighted by molar-refractivity contribution is 0.104. The Hall–Kier alpha value is -1.93. The summed E-state index contributed by atoms with van der Waals surface area (Å²) in [7, 11) is 1.39. The first kappa shape index (κ1) is 15.9. The second-order valence-electron chi connectivity index (χ2n) is 5.20. The number of rotatable bonds is 3. The maximum absolute atomic E-state index is 12.6. The number of carbonyl (C=O) groups excluding carboxylic acids is 1. The Balaban J connectivity index is 2.17. The monoisotopic (exact) mass is 395 g/mol. The Labute approximate surface area is 144 Å². The van der Waals surface area contributed by atoms with Crippen LogP contribution in [0.15, 0.2) is 31.2 Å². The molecular formula is C15H14BrN3O3S. The van der Waals surface area contributed by atoms with Crippen molar-refractivity contribution in [1.82, 2.24) is 9.13 Å². The van der Waals surface area contributed by atoms with Crippen molar-refractivity contribution in [2.24, 2.45) is 7.05 Å². The highest BCUT2D eigenvalue weighted by Gasteiger charge is 2.32. The first-order valence-electron chi connectivity index (χ1n) is 7.05. The third kappa shape index (κ3) is 2.61. The third-order valence-electron chi connectivity index (χ3n) is 3.59. The number of Topliss-reactive ketones (excluding diaryl/α,β-unsaturated/α-hetero) is 1. The molecule has 0 unspecified atom stereocenters. The zero-order valence-electron chi connectivity index (χ0n) is 12.6. The maximum atomic E-state index is 12.6. The van der Waals surface area contributed by atoms with E-state index < -0.39 is 11.2 Å². The quantitative estimate of drug-likeness (QED) is 0.809. The van der Waals surface area contributed by atoms with E-state index in [1.165, 1.54) is 23.0 Å². The van der Waals surface area contributed by atoms with Gasteiger partial charge < -0.3 is 5.32 Å². The van der Waals surface area contributed by atoms with Gasteiger partial charge in [-0.25, -0.2) is 4.79 Å². The van der Waals surface area contributed by atoms with E-state index in [0.29, 0.717) is 18.1 Å². The molecule has 0 fully saturated rings. The van der Waals surface area contributed by atoms with Crippen LogP contribution < -0.4 is 16.6 Å². The fraction of sp³-hybridized carbons (Fsp3) is 0.267. The van der Waals surface area contributed by atoms with Gasteiger partial charge in [0.1, 0.15) is 11.4 Å². The topological polar surface area (TPSA) is 73.1 Å². The van der Waals surface area contributed by atoms with Crippen molar-refractivity contribution in [2.75, 3.05) is 5.32 Å². The Kier molecular flexibility index (Phi) is 4.11. The van der Waals surface area contributed by atoms with E-state index in [2.05, 4.69) is 21.2 Å². The molecule has 3 heterocycles. The van der Waals surface area contributed by atoms with Gasteiger partial charge in [-0.2, -0.15) is 0 Å². The summed E-state index contributed by atoms with van der Waals surface area (Å²) in [6, 6.07) is 1.88. The number of thiophene rings is 1. The van der Waals surface area contributed by atoms with Crippen molar-refractivity contribution in [1.29, 1.82) is 0 Å². The van der Waals surface area contributed by atoms with Gasteiger partial charge in [-0.05, 0) is 34.5 Å². The van der Waals surface area contributed by atoms with Gasteiger partial charge in [0.05, 0.1) is 5.70 Å². The second-order valence-corrected chi connectivity index (χ2v) is 7.06. The van der Waals surface area contributed by atoms with Crippen molar-refractivity contribution >= 4 is 44.9 Å². The standard InChI is InChI=1S/C15H14BrN3O3S/c1-3-4-19-13-11(14(21)18(2)15(19)22)12(20)10(17-13)6-9-5-8(16)7-23-9/h5-7,17H,3-4H2,1-2H3/b10-6+. The van der Waals surface area contributed by atoms with E-state index in [0.717, 1.165) is 20.3 Å². The minimum atomic E-state index is -0.564. The summed E-state index contributed by atoms with van der Waals surface area (Å²) in [4.78, 5) is 38.0. The maximum Gasteiger partial charge on any atom is 0.332 e. The fourth-order valence-electron chi connectivity index (χ4n) is 2.50. The lowest BCUT2D eigenvalue weighted by atomic mass is 10.2. The first-order chi connectivity index (χ1) is 10.9. The number of anilines is 1. The summed E-state index contributed by atoms with van der Waals surface area (Å²) in [5.74, 6) is -0.0817. The van der Waals surface area contributed by atoms with Crippen LogP contribution in [0.5, 0.6) is 0 Å². The van der Waals surface area contributed by atoms with Gasteiger partial charge in [-0.15, -0.1) is 11.3 Å². The summed E-state index contributed by atoms with van der Waals surface area (Å²) in [6.45, 7) is 2.37. The average molecular weight is 396 g/mol. The van der Waals surface area contributed by atoms with Crippen molar-refractivity contribution in [3.8, 4) is 0 Å². The first-order valence-corrected chi connectivity index (χ1v) is 8.72. The molecule has 0 saturated heterocycles. The summed E-state index contributed by atoms with van der Waals surface area (Å²) in [5.41, 5.74) is -0.647. The van der Waals surface area contributed by atoms with E-state index in [1.54, 1.807) is 6.08 Å². The van der Waals surface area contributed by atoms with Gasteiger partial charge in [0.15, 0.2) is 0 Å². The van der Waals surface area contributed by atoms with Crippen LogP contribution in [0.25, 0.3) is 6.08 Å². The largest absolute Gasteiger partial charge is 0.337 e. The van der Waals surface area contributed by atoms with Crippen LogP contribution in [0, 0.1) is 0 Å². The van der Waals surface area contributed by atoms with Crippen LogP contribution in [0.2, 0.25) is 0 Å². The van der Waals surface area contributed by atoms with E-state index in [1.807, 2.05) is 18.4 Å². The molecule has 0 aromatic carbocycles. The zero-order valence-corrected chi connectivity index (χ0v) is 15.0. The Bertz CT molecular complexity index is 952. The number of hydrogen-bond donors (Lipinski definition) is 1. The highest BCUT2D eigenvalue weighted by molar-refractivity contribution is 9.10. The minimum absolute atomic E-state index is 0.0300. The number of carbonyl (C=O) groups is 1. The van der Waals surface area contributed by atoms with Crippen LogP contribution in [-0.2, 0) is 13.6 Å². The highest BCUT2D eigenvalue weighted by atomic mass is 79.9.